The Morgan fingerprint density at radius 2 is 1.79 bits per heavy atom. The molecule has 0 saturated carbocycles. The maximum absolute atomic E-state index is 13.8. The van der Waals surface area contributed by atoms with Crippen molar-refractivity contribution in [3.8, 4) is 11.3 Å². The van der Waals surface area contributed by atoms with Crippen LogP contribution in [0, 0.1) is 17.5 Å². The summed E-state index contributed by atoms with van der Waals surface area (Å²) in [7, 11) is 1.44. The van der Waals surface area contributed by atoms with E-state index >= 15 is 0 Å². The summed E-state index contributed by atoms with van der Waals surface area (Å²) in [6.45, 7) is 3.13. The first-order valence-corrected chi connectivity index (χ1v) is 12.3. The molecule has 5 rings (SSSR count). The number of hydrogen-bond acceptors (Lipinski definition) is 9. The van der Waals surface area contributed by atoms with Gasteiger partial charge in [0.05, 0.1) is 25.0 Å². The molecule has 0 bridgehead atoms. The van der Waals surface area contributed by atoms with Crippen molar-refractivity contribution in [2.75, 3.05) is 26.9 Å². The van der Waals surface area contributed by atoms with Crippen LogP contribution in [0.5, 0.6) is 0 Å². The molecule has 11 nitrogen and oxygen atoms in total. The average Bonchev–Trinajstić information content (AvgIpc) is 3.58. The molecular formula is C24H29F3N6O5. The third-order valence-corrected chi connectivity index (χ3v) is 7.45. The third-order valence-electron chi connectivity index (χ3n) is 7.45. The van der Waals surface area contributed by atoms with E-state index in [1.165, 1.54) is 18.0 Å². The summed E-state index contributed by atoms with van der Waals surface area (Å²) in [4.78, 5) is 0. The zero-order valence-corrected chi connectivity index (χ0v) is 20.9. The lowest BCUT2D eigenvalue weighted by Crippen LogP contribution is -2.57. The number of aliphatic hydroxyl groups is 2. The van der Waals surface area contributed by atoms with E-state index in [0.29, 0.717) is 13.2 Å². The summed E-state index contributed by atoms with van der Waals surface area (Å²) in [5, 5.41) is 37.5. The van der Waals surface area contributed by atoms with Gasteiger partial charge in [-0.15, -0.1) is 10.2 Å². The third kappa shape index (κ3) is 4.94. The number of aliphatic hydroxyl groups excluding tert-OH is 2. The van der Waals surface area contributed by atoms with E-state index in [9.17, 15) is 23.4 Å². The fourth-order valence-corrected chi connectivity index (χ4v) is 5.10. The molecule has 14 heteroatoms. The largest absolute Gasteiger partial charge is 0.394 e. The molecule has 5 atom stereocenters. The molecule has 1 aromatic carbocycles. The van der Waals surface area contributed by atoms with E-state index in [0.717, 1.165) is 30.7 Å². The van der Waals surface area contributed by atoms with Crippen LogP contribution in [-0.4, -0.2) is 91.5 Å². The number of halogens is 3. The van der Waals surface area contributed by atoms with Gasteiger partial charge >= 0.3 is 0 Å². The zero-order chi connectivity index (χ0) is 27.0. The Morgan fingerprint density at radius 1 is 1.08 bits per heavy atom. The van der Waals surface area contributed by atoms with Gasteiger partial charge in [0.15, 0.2) is 17.5 Å². The van der Waals surface area contributed by atoms with Gasteiger partial charge in [-0.3, -0.25) is 0 Å². The minimum Gasteiger partial charge on any atom is -0.394 e. The fraction of sp³-hybridized carbons (Fsp3) is 0.583. The molecule has 38 heavy (non-hydrogen) atoms. The molecule has 4 heterocycles. The van der Waals surface area contributed by atoms with E-state index in [1.54, 1.807) is 4.68 Å². The lowest BCUT2D eigenvalue weighted by Gasteiger charge is -2.43. The Hall–Kier alpha value is -2.91. The normalized spacial score (nSPS) is 27.5. The number of rotatable bonds is 7. The lowest BCUT2D eigenvalue weighted by molar-refractivity contribution is -0.216. The van der Waals surface area contributed by atoms with Crippen LogP contribution in [0.4, 0.5) is 13.2 Å². The fourth-order valence-electron chi connectivity index (χ4n) is 5.10. The molecule has 0 aliphatic carbocycles. The molecule has 3 aromatic rings. The zero-order valence-electron chi connectivity index (χ0n) is 20.9. The van der Waals surface area contributed by atoms with E-state index < -0.39 is 54.5 Å². The van der Waals surface area contributed by atoms with Crippen LogP contribution in [0.3, 0.4) is 0 Å². The molecule has 2 aliphatic rings. The first-order valence-electron chi connectivity index (χ1n) is 12.3. The van der Waals surface area contributed by atoms with Crippen LogP contribution >= 0.6 is 0 Å². The maximum atomic E-state index is 13.8. The Balaban J connectivity index is 1.41. The van der Waals surface area contributed by atoms with Crippen molar-refractivity contribution >= 4 is 0 Å². The van der Waals surface area contributed by atoms with Gasteiger partial charge in [-0.1, -0.05) is 17.4 Å². The van der Waals surface area contributed by atoms with Crippen LogP contribution < -0.4 is 0 Å². The van der Waals surface area contributed by atoms with Gasteiger partial charge in [0.2, 0.25) is 0 Å². The summed E-state index contributed by atoms with van der Waals surface area (Å²) in [6.07, 6.45) is 1.15. The molecule has 0 spiro atoms. The van der Waals surface area contributed by atoms with Crippen LogP contribution in [-0.2, 0) is 26.2 Å². The number of nitrogens with zero attached hydrogens (tertiary/aromatic N) is 6. The number of aromatic nitrogens is 6. The van der Waals surface area contributed by atoms with Gasteiger partial charge < -0.3 is 24.4 Å². The predicted molar refractivity (Wildman–Crippen MR) is 124 cm³/mol. The van der Waals surface area contributed by atoms with Gasteiger partial charge in [-0.25, -0.2) is 22.5 Å². The minimum atomic E-state index is -1.59. The highest BCUT2D eigenvalue weighted by Gasteiger charge is 2.47. The van der Waals surface area contributed by atoms with Gasteiger partial charge in [-0.05, 0) is 25.0 Å². The Labute approximate surface area is 216 Å². The van der Waals surface area contributed by atoms with Crippen LogP contribution in [0.15, 0.2) is 24.5 Å². The molecule has 2 N–H and O–H groups in total. The molecule has 2 aliphatic heterocycles. The van der Waals surface area contributed by atoms with E-state index in [1.807, 2.05) is 6.20 Å². The topological polar surface area (TPSA) is 130 Å². The van der Waals surface area contributed by atoms with Crippen molar-refractivity contribution in [3.05, 3.63) is 47.7 Å². The molecule has 2 aromatic heterocycles. The quantitative estimate of drug-likeness (QED) is 0.429. The Morgan fingerprint density at radius 3 is 2.45 bits per heavy atom. The average molecular weight is 539 g/mol. The SMILES string of the molecule is CO[C@@H]1[C@@H](n2cc(-c3cc(F)c(F)c(F)c3)nn2)[C@@H](O)[C@@H](CO)O[C@@H]1Cn1cc(C2(C)CCOCC2)nn1. The van der Waals surface area contributed by atoms with Crippen molar-refractivity contribution in [2.45, 2.75) is 62.2 Å². The highest BCUT2D eigenvalue weighted by Crippen LogP contribution is 2.35. The second kappa shape index (κ2) is 10.7. The Kier molecular flexibility index (Phi) is 7.51. The summed E-state index contributed by atoms with van der Waals surface area (Å²) >= 11 is 0. The minimum absolute atomic E-state index is 0.0322. The van der Waals surface area contributed by atoms with Crippen molar-refractivity contribution in [2.24, 2.45) is 0 Å². The summed E-state index contributed by atoms with van der Waals surface area (Å²) in [6, 6.07) is 0.728. The smallest absolute Gasteiger partial charge is 0.194 e. The lowest BCUT2D eigenvalue weighted by atomic mass is 9.80. The van der Waals surface area contributed by atoms with E-state index in [4.69, 9.17) is 14.2 Å². The monoisotopic (exact) mass is 538 g/mol. The molecular weight excluding hydrogens is 509 g/mol. The molecule has 2 fully saturated rings. The summed E-state index contributed by atoms with van der Waals surface area (Å²) in [5.74, 6) is -4.31. The maximum Gasteiger partial charge on any atom is 0.194 e. The highest BCUT2D eigenvalue weighted by atomic mass is 19.2. The number of methoxy groups -OCH3 is 1. The number of ether oxygens (including phenoxy) is 3. The van der Waals surface area contributed by atoms with Crippen LogP contribution in [0.1, 0.15) is 31.5 Å². The van der Waals surface area contributed by atoms with E-state index in [2.05, 4.69) is 27.5 Å². The Bertz CT molecular complexity index is 1240. The van der Waals surface area contributed by atoms with Crippen molar-refractivity contribution in [1.29, 1.82) is 0 Å². The number of benzene rings is 1. The van der Waals surface area contributed by atoms with Crippen molar-refractivity contribution in [1.82, 2.24) is 30.0 Å². The van der Waals surface area contributed by atoms with E-state index in [-0.39, 0.29) is 23.2 Å². The van der Waals surface area contributed by atoms with Crippen molar-refractivity contribution in [3.63, 3.8) is 0 Å². The molecule has 2 saturated heterocycles. The van der Waals surface area contributed by atoms with Crippen molar-refractivity contribution < 1.29 is 37.6 Å². The standard InChI is InChI=1S/C24H29F3N6O5/c1-24(3-5-37-6-4-24)19-11-32(30-29-19)10-17-23(36-2)21(22(35)18(12-34)38-17)33-9-16(28-31-33)13-7-14(25)20(27)15(26)8-13/h7-9,11,17-18,21-23,34-35H,3-6,10,12H2,1-2H3/t17-,18-,21+,22+,23+/m1/s1. The second-order valence-corrected chi connectivity index (χ2v) is 9.91. The van der Waals surface area contributed by atoms with Crippen LogP contribution in [0.25, 0.3) is 11.3 Å². The highest BCUT2D eigenvalue weighted by molar-refractivity contribution is 5.57. The van der Waals surface area contributed by atoms with Crippen LogP contribution in [0.2, 0.25) is 0 Å². The first kappa shape index (κ1) is 26.7. The van der Waals surface area contributed by atoms with Gasteiger partial charge in [-0.2, -0.15) is 0 Å². The molecule has 0 radical (unpaired) electrons. The molecule has 0 amide bonds. The molecule has 206 valence electrons. The van der Waals surface area contributed by atoms with Gasteiger partial charge in [0.25, 0.3) is 0 Å². The van der Waals surface area contributed by atoms with Gasteiger partial charge in [0, 0.05) is 37.5 Å². The summed E-state index contributed by atoms with van der Waals surface area (Å²) < 4.78 is 61.1. The number of hydrogen-bond donors (Lipinski definition) is 2. The summed E-state index contributed by atoms with van der Waals surface area (Å²) in [5.41, 5.74) is 0.697. The second-order valence-electron chi connectivity index (χ2n) is 9.91. The molecule has 0 unspecified atom stereocenters. The van der Waals surface area contributed by atoms with Gasteiger partial charge in [0.1, 0.15) is 36.2 Å². The predicted octanol–water partition coefficient (Wildman–Crippen LogP) is 1.40. The first-order chi connectivity index (χ1) is 18.2.